The second kappa shape index (κ2) is 18.1. The number of esters is 1. The predicted molar refractivity (Wildman–Crippen MR) is 218 cm³/mol. The van der Waals surface area contributed by atoms with Crippen LogP contribution in [0.4, 0.5) is 10.7 Å². The van der Waals surface area contributed by atoms with Crippen LogP contribution in [-0.2, 0) is 27.2 Å². The first kappa shape index (κ1) is 38.3. The van der Waals surface area contributed by atoms with Crippen molar-refractivity contribution in [1.82, 2.24) is 5.32 Å². The summed E-state index contributed by atoms with van der Waals surface area (Å²) >= 11 is 2.84. The Kier molecular flexibility index (Phi) is 12.8. The van der Waals surface area contributed by atoms with Crippen LogP contribution in [0.15, 0.2) is 120 Å². The fraction of sp³-hybridized carbons (Fsp3) is 0.227. The van der Waals surface area contributed by atoms with Crippen LogP contribution >= 0.6 is 23.1 Å². The standard InChI is InChI=1S/C44H43N3O5S2/c1-4-37(42(50)47-43-39(44(51)52-5-2)35-23-22-32(26-38(35)54-43)30-16-8-6-9-17-30)53-34-21-13-20-33(27-34)45-41(49)36(25-29-15-12-14-28(3)24-29)46-40(48)31-18-10-7-11-19-31/h6-21,24-25,27,32,37H,4-5,22-23,26H2,1-3H3,(H,45,49)(H,46,48)(H,47,50)/b36-25+. The van der Waals surface area contributed by atoms with Crippen LogP contribution in [0.2, 0.25) is 0 Å². The van der Waals surface area contributed by atoms with Crippen molar-refractivity contribution in [3.05, 3.63) is 153 Å². The molecule has 1 aromatic heterocycles. The SMILES string of the molecule is CCOC(=O)c1c(NC(=O)C(CC)Sc2cccc(NC(=O)/C(=C\c3cccc(C)c3)NC(=O)c3ccccc3)c2)sc2c1CCC(c1ccccc1)C2. The van der Waals surface area contributed by atoms with Gasteiger partial charge in [0.2, 0.25) is 5.91 Å². The molecule has 1 aliphatic carbocycles. The molecule has 276 valence electrons. The van der Waals surface area contributed by atoms with Crippen molar-refractivity contribution >= 4 is 63.6 Å². The molecule has 0 saturated carbocycles. The second-order valence-corrected chi connectivity index (χ2v) is 15.4. The summed E-state index contributed by atoms with van der Waals surface area (Å²) in [4.78, 5) is 55.8. The Hall–Kier alpha value is -5.45. The quantitative estimate of drug-likeness (QED) is 0.0627. The van der Waals surface area contributed by atoms with E-state index >= 15 is 0 Å². The van der Waals surface area contributed by atoms with Crippen LogP contribution in [0.1, 0.15) is 80.5 Å². The zero-order chi connectivity index (χ0) is 38.0. The maximum atomic E-state index is 13.9. The van der Waals surface area contributed by atoms with E-state index in [2.05, 4.69) is 40.2 Å². The zero-order valence-corrected chi connectivity index (χ0v) is 32.2. The number of nitrogens with one attached hydrogen (secondary N) is 3. The molecule has 2 atom stereocenters. The van der Waals surface area contributed by atoms with Crippen LogP contribution in [0.5, 0.6) is 0 Å². The van der Waals surface area contributed by atoms with Gasteiger partial charge in [0.1, 0.15) is 10.7 Å². The Labute approximate surface area is 324 Å². The Morgan fingerprint density at radius 3 is 2.35 bits per heavy atom. The summed E-state index contributed by atoms with van der Waals surface area (Å²) in [5.74, 6) is -1.18. The van der Waals surface area contributed by atoms with E-state index in [1.54, 1.807) is 49.4 Å². The first-order chi connectivity index (χ1) is 26.2. The van der Waals surface area contributed by atoms with E-state index in [1.807, 2.05) is 62.4 Å². The number of hydrogen-bond acceptors (Lipinski definition) is 7. The minimum atomic E-state index is -0.490. The highest BCUT2D eigenvalue weighted by Crippen LogP contribution is 2.43. The Balaban J connectivity index is 1.18. The summed E-state index contributed by atoms with van der Waals surface area (Å²) in [6.07, 6.45) is 4.62. The third-order valence-electron chi connectivity index (χ3n) is 9.17. The van der Waals surface area contributed by atoms with Gasteiger partial charge >= 0.3 is 5.97 Å². The number of amides is 3. The van der Waals surface area contributed by atoms with Crippen LogP contribution in [0.3, 0.4) is 0 Å². The molecule has 3 amide bonds. The molecule has 0 bridgehead atoms. The van der Waals surface area contributed by atoms with Gasteiger partial charge in [0.15, 0.2) is 0 Å². The second-order valence-electron chi connectivity index (χ2n) is 13.1. The number of anilines is 2. The lowest BCUT2D eigenvalue weighted by atomic mass is 9.83. The molecule has 1 heterocycles. The van der Waals surface area contributed by atoms with E-state index in [0.29, 0.717) is 34.2 Å². The molecule has 0 fully saturated rings. The number of carbonyl (C=O) groups excluding carboxylic acids is 4. The van der Waals surface area contributed by atoms with Crippen LogP contribution < -0.4 is 16.0 Å². The van der Waals surface area contributed by atoms with Crippen LogP contribution in [-0.4, -0.2) is 35.5 Å². The maximum Gasteiger partial charge on any atom is 0.341 e. The molecule has 1 aliphatic rings. The number of thiophene rings is 1. The lowest BCUT2D eigenvalue weighted by Crippen LogP contribution is -2.30. The van der Waals surface area contributed by atoms with Gasteiger partial charge in [0.25, 0.3) is 11.8 Å². The predicted octanol–water partition coefficient (Wildman–Crippen LogP) is 9.42. The number of fused-ring (bicyclic) bond motifs is 1. The molecule has 0 saturated heterocycles. The van der Waals surface area contributed by atoms with Gasteiger partial charge in [0.05, 0.1) is 17.4 Å². The van der Waals surface area contributed by atoms with Crippen LogP contribution in [0.25, 0.3) is 6.08 Å². The molecule has 0 aliphatic heterocycles. The number of aryl methyl sites for hydroxylation is 1. The number of rotatable bonds is 13. The van der Waals surface area contributed by atoms with E-state index in [-0.39, 0.29) is 18.2 Å². The van der Waals surface area contributed by atoms with E-state index in [0.717, 1.165) is 45.7 Å². The van der Waals surface area contributed by atoms with E-state index in [4.69, 9.17) is 4.74 Å². The molecule has 10 heteroatoms. The normalized spacial score (nSPS) is 14.4. The summed E-state index contributed by atoms with van der Waals surface area (Å²) in [6.45, 7) is 5.92. The van der Waals surface area contributed by atoms with Crippen molar-refractivity contribution in [1.29, 1.82) is 0 Å². The Morgan fingerprint density at radius 1 is 0.889 bits per heavy atom. The maximum absolute atomic E-state index is 13.9. The molecule has 8 nitrogen and oxygen atoms in total. The van der Waals surface area contributed by atoms with Crippen LogP contribution in [0, 0.1) is 6.92 Å². The Bertz CT molecular complexity index is 2160. The summed E-state index contributed by atoms with van der Waals surface area (Å²) < 4.78 is 5.46. The van der Waals surface area contributed by atoms with E-state index in [9.17, 15) is 19.2 Å². The van der Waals surface area contributed by atoms with Crippen molar-refractivity contribution in [3.63, 3.8) is 0 Å². The largest absolute Gasteiger partial charge is 0.462 e. The van der Waals surface area contributed by atoms with Gasteiger partial charge in [-0.1, -0.05) is 91.3 Å². The van der Waals surface area contributed by atoms with Gasteiger partial charge in [-0.05, 0) is 98.5 Å². The molecule has 0 radical (unpaired) electrons. The zero-order valence-electron chi connectivity index (χ0n) is 30.5. The van der Waals surface area contributed by atoms with E-state index in [1.165, 1.54) is 28.7 Å². The number of carbonyl (C=O) groups is 4. The van der Waals surface area contributed by atoms with Gasteiger partial charge < -0.3 is 20.7 Å². The van der Waals surface area contributed by atoms with Crippen molar-refractivity contribution in [2.75, 3.05) is 17.2 Å². The lowest BCUT2D eigenvalue weighted by Gasteiger charge is -2.23. The average molecular weight is 758 g/mol. The van der Waals surface area contributed by atoms with Crippen molar-refractivity contribution in [2.24, 2.45) is 0 Å². The smallest absolute Gasteiger partial charge is 0.341 e. The topological polar surface area (TPSA) is 114 Å². The van der Waals surface area contributed by atoms with Gasteiger partial charge in [-0.3, -0.25) is 14.4 Å². The fourth-order valence-electron chi connectivity index (χ4n) is 6.50. The number of hydrogen-bond donors (Lipinski definition) is 3. The molecule has 5 aromatic rings. The summed E-state index contributed by atoms with van der Waals surface area (Å²) in [5, 5.41) is 8.85. The number of thioether (sulfide) groups is 1. The molecular weight excluding hydrogens is 715 g/mol. The Morgan fingerprint density at radius 2 is 1.63 bits per heavy atom. The third-order valence-corrected chi connectivity index (χ3v) is 11.7. The lowest BCUT2D eigenvalue weighted by molar-refractivity contribution is -0.116. The first-order valence-electron chi connectivity index (χ1n) is 18.1. The van der Waals surface area contributed by atoms with Gasteiger partial charge in [-0.15, -0.1) is 23.1 Å². The number of benzene rings is 4. The third kappa shape index (κ3) is 9.55. The highest BCUT2D eigenvalue weighted by molar-refractivity contribution is 8.00. The van der Waals surface area contributed by atoms with Crippen molar-refractivity contribution < 1.29 is 23.9 Å². The summed E-state index contributed by atoms with van der Waals surface area (Å²) in [5.41, 5.74) is 5.52. The molecule has 4 aromatic carbocycles. The van der Waals surface area contributed by atoms with Gasteiger partial charge in [-0.25, -0.2) is 4.79 Å². The molecule has 3 N–H and O–H groups in total. The molecule has 54 heavy (non-hydrogen) atoms. The van der Waals surface area contributed by atoms with Crippen molar-refractivity contribution in [2.45, 2.75) is 62.5 Å². The minimum Gasteiger partial charge on any atom is -0.462 e. The average Bonchev–Trinajstić information content (AvgIpc) is 3.54. The van der Waals surface area contributed by atoms with Gasteiger partial charge in [-0.2, -0.15) is 0 Å². The fourth-order valence-corrected chi connectivity index (χ4v) is 8.83. The molecular formula is C44H43N3O5S2. The summed E-state index contributed by atoms with van der Waals surface area (Å²) in [7, 11) is 0. The highest BCUT2D eigenvalue weighted by Gasteiger charge is 2.32. The first-order valence-corrected chi connectivity index (χ1v) is 19.8. The monoisotopic (exact) mass is 757 g/mol. The van der Waals surface area contributed by atoms with E-state index < -0.39 is 23.0 Å². The number of ether oxygens (including phenoxy) is 1. The molecule has 6 rings (SSSR count). The van der Waals surface area contributed by atoms with Crippen molar-refractivity contribution in [3.8, 4) is 0 Å². The van der Waals surface area contributed by atoms with Gasteiger partial charge in [0, 0.05) is 21.0 Å². The molecule has 0 spiro atoms. The molecule has 2 unspecified atom stereocenters. The minimum absolute atomic E-state index is 0.0875. The summed E-state index contributed by atoms with van der Waals surface area (Å²) in [6, 6.07) is 34.0. The highest BCUT2D eigenvalue weighted by atomic mass is 32.2.